The van der Waals surface area contributed by atoms with Crippen LogP contribution in [-0.2, 0) is 48.0 Å². The first kappa shape index (κ1) is 47.2. The SMILES string of the molecule is NC(=O)C1(NC(=O)C(Cc2ccccc2)NC(=O)C(Cc2c[nH]c3ccccc23)NC(=O)C(Cc2csc3ccccc23)NC(=O)C2CCNCC2)CCNCC1.O=C(O)C(F)(F)F. The number of hydrogen-bond acceptors (Lipinski definition) is 9. The minimum atomic E-state index is -5.08. The fourth-order valence-corrected chi connectivity index (χ4v) is 8.91. The topological polar surface area (TPSA) is 237 Å². The van der Waals surface area contributed by atoms with E-state index < -0.39 is 59.4 Å². The van der Waals surface area contributed by atoms with Gasteiger partial charge in [-0.05, 0) is 91.5 Å². The highest BCUT2D eigenvalue weighted by atomic mass is 32.1. The second kappa shape index (κ2) is 21.4. The number of alkyl halides is 3. The predicted molar refractivity (Wildman–Crippen MR) is 235 cm³/mol. The van der Waals surface area contributed by atoms with Crippen molar-refractivity contribution in [2.45, 2.75) is 74.8 Å². The van der Waals surface area contributed by atoms with Crippen molar-refractivity contribution in [1.29, 1.82) is 0 Å². The number of carbonyl (C=O) groups is 6. The van der Waals surface area contributed by atoms with Crippen LogP contribution in [0.2, 0.25) is 0 Å². The minimum Gasteiger partial charge on any atom is -0.475 e. The van der Waals surface area contributed by atoms with Crippen molar-refractivity contribution in [3.8, 4) is 0 Å². The third-order valence-electron chi connectivity index (χ3n) is 11.5. The van der Waals surface area contributed by atoms with Gasteiger partial charge < -0.3 is 47.7 Å². The van der Waals surface area contributed by atoms with E-state index in [-0.39, 0.29) is 31.1 Å². The Hall–Kier alpha value is -6.31. The number of piperidine rings is 2. The zero-order valence-electron chi connectivity index (χ0n) is 34.8. The van der Waals surface area contributed by atoms with Crippen molar-refractivity contribution >= 4 is 67.8 Å². The fraction of sp³-hybridized carbons (Fsp3) is 0.378. The number of H-pyrrole nitrogens is 1. The minimum absolute atomic E-state index is 0.0918. The van der Waals surface area contributed by atoms with E-state index in [9.17, 15) is 37.1 Å². The van der Waals surface area contributed by atoms with Gasteiger partial charge in [-0.1, -0.05) is 66.7 Å². The van der Waals surface area contributed by atoms with Crippen LogP contribution < -0.4 is 37.6 Å². The van der Waals surface area contributed by atoms with Crippen LogP contribution in [0.3, 0.4) is 0 Å². The summed E-state index contributed by atoms with van der Waals surface area (Å²) in [6.07, 6.45) is -0.901. The first-order valence-corrected chi connectivity index (χ1v) is 21.8. The summed E-state index contributed by atoms with van der Waals surface area (Å²) in [6, 6.07) is 21.6. The average molecular weight is 905 g/mol. The van der Waals surface area contributed by atoms with Gasteiger partial charge in [0.25, 0.3) is 0 Å². The second-order valence-electron chi connectivity index (χ2n) is 15.9. The lowest BCUT2D eigenvalue weighted by atomic mass is 9.87. The van der Waals surface area contributed by atoms with E-state index in [1.165, 1.54) is 0 Å². The molecule has 2 fully saturated rings. The molecular weight excluding hydrogens is 854 g/mol. The molecular formula is C45H51F3N8O7S. The van der Waals surface area contributed by atoms with Gasteiger partial charge in [-0.25, -0.2) is 4.79 Å². The molecule has 2 aliphatic heterocycles. The number of primary amides is 1. The molecule has 3 aromatic carbocycles. The standard InChI is InChI=1S/C43H50N8O5S.C2HF3O2/c44-42(56)43(16-20-46-21-17-43)51-41(55)34(22-27-8-2-1-3-9-27)49-39(53)35(23-29-25-47-33-12-6-4-10-31(29)33)50-40(54)36(48-38(52)28-14-18-45-19-15-28)24-30-26-57-37-13-7-5-11-32(30)37;3-2(4,5)1(6)7/h1-13,25-26,28,34-36,45-47H,14-24H2,(H2,44,56)(H,48,52)(H,49,53)(H,50,54)(H,51,55);(H,6,7). The molecule has 2 saturated heterocycles. The molecule has 4 heterocycles. The number of hydrogen-bond donors (Lipinski definition) is 9. The quantitative estimate of drug-likeness (QED) is 0.0749. The van der Waals surface area contributed by atoms with E-state index in [1.807, 2.05) is 90.4 Å². The molecule has 3 atom stereocenters. The van der Waals surface area contributed by atoms with Crippen LogP contribution in [0.4, 0.5) is 13.2 Å². The number of amides is 5. The molecule has 0 aliphatic carbocycles. The summed E-state index contributed by atoms with van der Waals surface area (Å²) >= 11 is 1.57. The Morgan fingerprint density at radius 2 is 1.27 bits per heavy atom. The molecule has 64 heavy (non-hydrogen) atoms. The summed E-state index contributed by atoms with van der Waals surface area (Å²) in [5.41, 5.74) is 7.96. The lowest BCUT2D eigenvalue weighted by Gasteiger charge is -2.36. The maximum Gasteiger partial charge on any atom is 0.490 e. The Kier molecular flexibility index (Phi) is 15.8. The lowest BCUT2D eigenvalue weighted by molar-refractivity contribution is -0.192. The largest absolute Gasteiger partial charge is 0.490 e. The van der Waals surface area contributed by atoms with E-state index in [4.69, 9.17) is 15.6 Å². The van der Waals surface area contributed by atoms with Gasteiger partial charge in [-0.2, -0.15) is 13.2 Å². The number of carboxylic acids is 1. The number of aromatic amines is 1. The van der Waals surface area contributed by atoms with Crippen LogP contribution in [0, 0.1) is 5.92 Å². The summed E-state index contributed by atoms with van der Waals surface area (Å²) < 4.78 is 32.8. The van der Waals surface area contributed by atoms with Crippen LogP contribution in [0.25, 0.3) is 21.0 Å². The van der Waals surface area contributed by atoms with Crippen molar-refractivity contribution in [1.82, 2.24) is 36.9 Å². The number of thiophene rings is 1. The lowest BCUT2D eigenvalue weighted by Crippen LogP contribution is -2.65. The van der Waals surface area contributed by atoms with E-state index in [1.54, 1.807) is 11.3 Å². The number of nitrogens with two attached hydrogens (primary N) is 1. The Balaban J connectivity index is 0.000000898. The zero-order valence-corrected chi connectivity index (χ0v) is 35.6. The molecule has 5 aromatic rings. The van der Waals surface area contributed by atoms with Gasteiger partial charge in [-0.15, -0.1) is 11.3 Å². The van der Waals surface area contributed by atoms with Gasteiger partial charge in [0.1, 0.15) is 23.7 Å². The van der Waals surface area contributed by atoms with E-state index in [2.05, 4.69) is 36.9 Å². The fourth-order valence-electron chi connectivity index (χ4n) is 7.94. The monoisotopic (exact) mass is 904 g/mol. The number of aromatic nitrogens is 1. The molecule has 5 amide bonds. The summed E-state index contributed by atoms with van der Waals surface area (Å²) in [5.74, 6) is -5.50. The van der Waals surface area contributed by atoms with Crippen LogP contribution >= 0.6 is 11.3 Å². The van der Waals surface area contributed by atoms with E-state index in [0.717, 1.165) is 37.7 Å². The highest BCUT2D eigenvalue weighted by molar-refractivity contribution is 7.17. The summed E-state index contributed by atoms with van der Waals surface area (Å²) in [4.78, 5) is 81.9. The molecule has 2 aliphatic rings. The molecule has 7 rings (SSSR count). The molecule has 15 nitrogen and oxygen atoms in total. The van der Waals surface area contributed by atoms with E-state index in [0.29, 0.717) is 51.9 Å². The maximum atomic E-state index is 14.6. The number of aliphatic carboxylic acids is 1. The number of para-hydroxylation sites is 1. The number of rotatable bonds is 15. The Labute approximate surface area is 370 Å². The molecule has 3 unspecified atom stereocenters. The van der Waals surface area contributed by atoms with Crippen molar-refractivity contribution in [3.63, 3.8) is 0 Å². The van der Waals surface area contributed by atoms with E-state index >= 15 is 0 Å². The van der Waals surface area contributed by atoms with Crippen LogP contribution in [0.1, 0.15) is 42.4 Å². The smallest absolute Gasteiger partial charge is 0.475 e. The van der Waals surface area contributed by atoms with Gasteiger partial charge in [0.15, 0.2) is 0 Å². The van der Waals surface area contributed by atoms with Crippen molar-refractivity contribution in [2.75, 3.05) is 26.2 Å². The highest BCUT2D eigenvalue weighted by Gasteiger charge is 2.42. The molecule has 2 aromatic heterocycles. The number of halogens is 3. The molecule has 10 N–H and O–H groups in total. The van der Waals surface area contributed by atoms with Gasteiger partial charge >= 0.3 is 12.1 Å². The summed E-state index contributed by atoms with van der Waals surface area (Å²) in [5, 5.41) is 29.4. The Bertz CT molecular complexity index is 2430. The molecule has 0 radical (unpaired) electrons. The highest BCUT2D eigenvalue weighted by Crippen LogP contribution is 2.27. The third-order valence-corrected chi connectivity index (χ3v) is 12.5. The Morgan fingerprint density at radius 1 is 0.719 bits per heavy atom. The van der Waals surface area contributed by atoms with Crippen molar-refractivity contribution in [2.24, 2.45) is 11.7 Å². The summed E-state index contributed by atoms with van der Waals surface area (Å²) in [7, 11) is 0. The van der Waals surface area contributed by atoms with Gasteiger partial charge in [0.05, 0.1) is 0 Å². The number of fused-ring (bicyclic) bond motifs is 2. The maximum absolute atomic E-state index is 14.6. The molecule has 0 bridgehead atoms. The number of carbonyl (C=O) groups excluding carboxylic acids is 5. The molecule has 0 spiro atoms. The number of carboxylic acid groups (broad SMARTS) is 1. The third kappa shape index (κ3) is 12.2. The zero-order chi connectivity index (χ0) is 45.9. The van der Waals surface area contributed by atoms with Gasteiger partial charge in [0.2, 0.25) is 29.5 Å². The molecule has 19 heteroatoms. The van der Waals surface area contributed by atoms with Crippen molar-refractivity contribution < 1.29 is 47.0 Å². The predicted octanol–water partition coefficient (Wildman–Crippen LogP) is 3.22. The molecule has 0 saturated carbocycles. The summed E-state index contributed by atoms with van der Waals surface area (Å²) in [6.45, 7) is 2.42. The first-order valence-electron chi connectivity index (χ1n) is 20.9. The van der Waals surface area contributed by atoms with Crippen LogP contribution in [-0.4, -0.2) is 102 Å². The molecule has 340 valence electrons. The second-order valence-corrected chi connectivity index (χ2v) is 16.8. The van der Waals surface area contributed by atoms with Crippen molar-refractivity contribution in [3.05, 3.63) is 107 Å². The van der Waals surface area contributed by atoms with Crippen LogP contribution in [0.15, 0.2) is 90.4 Å². The number of nitrogens with one attached hydrogen (secondary N) is 7. The first-order chi connectivity index (χ1) is 30.6. The normalized spacial score (nSPS) is 16.6. The average Bonchev–Trinajstić information content (AvgIpc) is 3.90. The van der Waals surface area contributed by atoms with Crippen LogP contribution in [0.5, 0.6) is 0 Å². The van der Waals surface area contributed by atoms with Gasteiger partial charge in [-0.3, -0.25) is 24.0 Å². The van der Waals surface area contributed by atoms with Gasteiger partial charge in [0, 0.05) is 47.0 Å². The number of benzene rings is 3. The Morgan fingerprint density at radius 3 is 1.91 bits per heavy atom.